The number of nitrogens with two attached hydrogens (primary N) is 2. The van der Waals surface area contributed by atoms with E-state index in [1.165, 1.54) is 29.3 Å². The molecule has 32 heavy (non-hydrogen) atoms. The van der Waals surface area contributed by atoms with Crippen LogP contribution in [0, 0.1) is 0 Å². The fraction of sp³-hybridized carbons (Fsp3) is 0.286. The first-order valence-corrected chi connectivity index (χ1v) is 10.9. The van der Waals surface area contributed by atoms with E-state index in [9.17, 15) is 9.59 Å². The van der Waals surface area contributed by atoms with Gasteiger partial charge in [-0.25, -0.2) is 10.6 Å². The van der Waals surface area contributed by atoms with Gasteiger partial charge in [0, 0.05) is 25.3 Å². The Balaban J connectivity index is 1.49. The van der Waals surface area contributed by atoms with Crippen molar-refractivity contribution in [3.8, 4) is 0 Å². The third kappa shape index (κ3) is 6.36. The summed E-state index contributed by atoms with van der Waals surface area (Å²) in [6, 6.07) is 14.0. The van der Waals surface area contributed by atoms with Crippen LogP contribution in [-0.4, -0.2) is 54.2 Å². The molecule has 11 heteroatoms. The van der Waals surface area contributed by atoms with Crippen molar-refractivity contribution < 1.29 is 19.4 Å². The van der Waals surface area contributed by atoms with Gasteiger partial charge in [-0.2, -0.15) is 5.10 Å². The molecule has 1 aliphatic heterocycles. The summed E-state index contributed by atoms with van der Waals surface area (Å²) in [7, 11) is 0. The van der Waals surface area contributed by atoms with Crippen molar-refractivity contribution in [1.82, 2.24) is 5.32 Å². The van der Waals surface area contributed by atoms with Crippen LogP contribution < -0.4 is 26.9 Å². The third-order valence-corrected chi connectivity index (χ3v) is 5.78. The normalized spacial score (nSPS) is 14.2. The van der Waals surface area contributed by atoms with Gasteiger partial charge in [0.15, 0.2) is 0 Å². The first kappa shape index (κ1) is 23.4. The number of carboxylic acid groups (broad SMARTS) is 1. The van der Waals surface area contributed by atoms with E-state index in [1.54, 1.807) is 0 Å². The van der Waals surface area contributed by atoms with Crippen LogP contribution in [0.3, 0.4) is 0 Å². The summed E-state index contributed by atoms with van der Waals surface area (Å²) < 4.78 is 5.39. The summed E-state index contributed by atoms with van der Waals surface area (Å²) in [6.45, 7) is 3.52. The van der Waals surface area contributed by atoms with Crippen molar-refractivity contribution in [3.63, 3.8) is 0 Å². The van der Waals surface area contributed by atoms with E-state index in [1.807, 2.05) is 12.1 Å². The number of rotatable bonds is 7. The lowest BCUT2D eigenvalue weighted by atomic mass is 10.2. The van der Waals surface area contributed by atoms with Crippen molar-refractivity contribution in [1.29, 1.82) is 0 Å². The standard InChI is InChI=1S/C21H26N6O4S/c22-25-21(27(23)17-6-4-16(5-7-17)20(29)30)32-14-19(28)24-13-15-2-1-3-18(12-15)26-8-10-31-11-9-26/h1-7,12H,8-11,13-14,22-23H2,(H,24,28)(H,29,30)/b25-21+. The van der Waals surface area contributed by atoms with Crippen molar-refractivity contribution in [2.75, 3.05) is 42.0 Å². The number of hydrazone groups is 1. The van der Waals surface area contributed by atoms with E-state index in [2.05, 4.69) is 27.5 Å². The summed E-state index contributed by atoms with van der Waals surface area (Å²) >= 11 is 1.08. The van der Waals surface area contributed by atoms with Crippen LogP contribution in [0.25, 0.3) is 0 Å². The summed E-state index contributed by atoms with van der Waals surface area (Å²) in [6.07, 6.45) is 0. The molecule has 10 nitrogen and oxygen atoms in total. The molecule has 0 radical (unpaired) electrons. The Morgan fingerprint density at radius 3 is 2.56 bits per heavy atom. The number of hydrogen-bond donors (Lipinski definition) is 4. The summed E-state index contributed by atoms with van der Waals surface area (Å²) in [4.78, 5) is 25.5. The molecule has 0 aliphatic carbocycles. The lowest BCUT2D eigenvalue weighted by molar-refractivity contribution is -0.118. The first-order chi connectivity index (χ1) is 15.5. The van der Waals surface area contributed by atoms with Crippen LogP contribution in [0.15, 0.2) is 53.6 Å². The van der Waals surface area contributed by atoms with Crippen LogP contribution in [0.5, 0.6) is 0 Å². The fourth-order valence-electron chi connectivity index (χ4n) is 3.11. The highest BCUT2D eigenvalue weighted by Gasteiger charge is 2.15. The van der Waals surface area contributed by atoms with Gasteiger partial charge < -0.3 is 25.9 Å². The molecule has 1 saturated heterocycles. The quantitative estimate of drug-likeness (QED) is 0.208. The number of nitrogens with one attached hydrogen (secondary N) is 1. The predicted molar refractivity (Wildman–Crippen MR) is 125 cm³/mol. The molecule has 1 aliphatic rings. The van der Waals surface area contributed by atoms with Gasteiger partial charge in [0.05, 0.1) is 30.2 Å². The number of carbonyl (C=O) groups excluding carboxylic acids is 1. The number of carboxylic acids is 1. The average molecular weight is 459 g/mol. The topological polar surface area (TPSA) is 147 Å². The number of benzene rings is 2. The number of nitrogens with zero attached hydrogens (tertiary/aromatic N) is 3. The first-order valence-electron chi connectivity index (χ1n) is 9.95. The van der Waals surface area contributed by atoms with Gasteiger partial charge in [-0.05, 0) is 42.0 Å². The smallest absolute Gasteiger partial charge is 0.335 e. The molecule has 2 aromatic carbocycles. The van der Waals surface area contributed by atoms with Gasteiger partial charge in [0.1, 0.15) is 0 Å². The second kappa shape index (κ2) is 11.4. The minimum atomic E-state index is -1.03. The lowest BCUT2D eigenvalue weighted by Gasteiger charge is -2.29. The maximum atomic E-state index is 12.3. The molecular formula is C21H26N6O4S. The molecule has 0 saturated carbocycles. The zero-order valence-electron chi connectivity index (χ0n) is 17.4. The number of amidine groups is 1. The van der Waals surface area contributed by atoms with Crippen LogP contribution in [0.1, 0.15) is 15.9 Å². The monoisotopic (exact) mass is 458 g/mol. The number of aromatic carboxylic acids is 1. The van der Waals surface area contributed by atoms with Gasteiger partial charge in [0.2, 0.25) is 11.1 Å². The molecule has 0 bridgehead atoms. The number of amides is 1. The fourth-order valence-corrected chi connectivity index (χ4v) is 3.79. The molecule has 3 rings (SSSR count). The maximum Gasteiger partial charge on any atom is 0.335 e. The van der Waals surface area contributed by atoms with Crippen LogP contribution in [0.2, 0.25) is 0 Å². The van der Waals surface area contributed by atoms with Crippen LogP contribution in [0.4, 0.5) is 11.4 Å². The summed E-state index contributed by atoms with van der Waals surface area (Å²) in [5.41, 5.74) is 2.74. The number of hydrazine groups is 1. The molecule has 0 aromatic heterocycles. The van der Waals surface area contributed by atoms with Crippen molar-refractivity contribution in [2.45, 2.75) is 6.54 Å². The number of ether oxygens (including phenoxy) is 1. The number of hydrogen-bond acceptors (Lipinski definition) is 8. The van der Waals surface area contributed by atoms with Crippen LogP contribution in [-0.2, 0) is 16.1 Å². The molecule has 1 fully saturated rings. The highest BCUT2D eigenvalue weighted by atomic mass is 32.2. The number of carbonyl (C=O) groups is 2. The number of anilines is 2. The molecule has 2 aromatic rings. The number of thioether (sulfide) groups is 1. The Labute approximate surface area is 190 Å². The molecule has 170 valence electrons. The van der Waals surface area contributed by atoms with E-state index < -0.39 is 5.97 Å². The molecule has 0 unspecified atom stereocenters. The zero-order chi connectivity index (χ0) is 22.9. The van der Waals surface area contributed by atoms with Crippen molar-refractivity contribution in [3.05, 3.63) is 59.7 Å². The summed E-state index contributed by atoms with van der Waals surface area (Å²) in [5, 5.41) is 16.9. The highest BCUT2D eigenvalue weighted by Crippen LogP contribution is 2.19. The van der Waals surface area contributed by atoms with E-state index in [0.717, 1.165) is 36.1 Å². The molecule has 1 heterocycles. The van der Waals surface area contributed by atoms with Gasteiger partial charge in [-0.1, -0.05) is 23.9 Å². The average Bonchev–Trinajstić information content (AvgIpc) is 2.83. The lowest BCUT2D eigenvalue weighted by Crippen LogP contribution is -2.37. The Morgan fingerprint density at radius 2 is 1.91 bits per heavy atom. The Bertz CT molecular complexity index is 963. The molecule has 0 spiro atoms. The SMILES string of the molecule is N/N=C(/SCC(=O)NCc1cccc(N2CCOCC2)c1)N(N)c1ccc(C(=O)O)cc1. The predicted octanol–water partition coefficient (Wildman–Crippen LogP) is 1.18. The molecular weight excluding hydrogens is 432 g/mol. The minimum Gasteiger partial charge on any atom is -0.478 e. The van der Waals surface area contributed by atoms with Crippen LogP contribution >= 0.6 is 11.8 Å². The minimum absolute atomic E-state index is 0.0695. The van der Waals surface area contributed by atoms with Gasteiger partial charge >= 0.3 is 5.97 Å². The second-order valence-corrected chi connectivity index (χ2v) is 7.91. The molecule has 0 atom stereocenters. The van der Waals surface area contributed by atoms with E-state index >= 15 is 0 Å². The third-order valence-electron chi connectivity index (χ3n) is 4.82. The Hall–Kier alpha value is -3.28. The zero-order valence-corrected chi connectivity index (χ0v) is 18.3. The molecule has 1 amide bonds. The Morgan fingerprint density at radius 1 is 1.19 bits per heavy atom. The summed E-state index contributed by atoms with van der Waals surface area (Å²) in [5.74, 6) is 10.3. The van der Waals surface area contributed by atoms with Gasteiger partial charge in [-0.15, -0.1) is 0 Å². The molecule has 6 N–H and O–H groups in total. The van der Waals surface area contributed by atoms with E-state index in [4.69, 9.17) is 21.5 Å². The van der Waals surface area contributed by atoms with Crippen molar-refractivity contribution >= 4 is 40.2 Å². The van der Waals surface area contributed by atoms with Crippen molar-refractivity contribution in [2.24, 2.45) is 16.8 Å². The van der Waals surface area contributed by atoms with E-state index in [-0.39, 0.29) is 22.4 Å². The maximum absolute atomic E-state index is 12.3. The highest BCUT2D eigenvalue weighted by molar-refractivity contribution is 8.14. The number of morpholine rings is 1. The largest absolute Gasteiger partial charge is 0.478 e. The second-order valence-electron chi connectivity index (χ2n) is 6.97. The Kier molecular flexibility index (Phi) is 8.31. The van der Waals surface area contributed by atoms with Gasteiger partial charge in [-0.3, -0.25) is 9.80 Å². The van der Waals surface area contributed by atoms with Gasteiger partial charge in [0.25, 0.3) is 0 Å². The van der Waals surface area contributed by atoms with E-state index in [0.29, 0.717) is 25.4 Å².